The van der Waals surface area contributed by atoms with Gasteiger partial charge in [0.05, 0.1) is 11.0 Å². The first-order valence-corrected chi connectivity index (χ1v) is 15.9. The van der Waals surface area contributed by atoms with Crippen LogP contribution >= 0.6 is 0 Å². The Morgan fingerprint density at radius 3 is 1.30 bits per heavy atom. The molecule has 1 heterocycles. The monoisotopic (exact) mass is 590 g/mol. The lowest BCUT2D eigenvalue weighted by atomic mass is 10.00. The SMILES string of the molecule is Cc1cc(C)cc(-c2ccc(N(c3ccccc3)c3ccc(-c4ccc(-n5c6ccccc6c6ccccc65)cc4)cc3)cc2)c1. The van der Waals surface area contributed by atoms with Gasteiger partial charge in [0.25, 0.3) is 0 Å². The van der Waals surface area contributed by atoms with Gasteiger partial charge in [0, 0.05) is 33.5 Å². The van der Waals surface area contributed by atoms with E-state index >= 15 is 0 Å². The molecule has 0 unspecified atom stereocenters. The number of rotatable bonds is 6. The van der Waals surface area contributed by atoms with Gasteiger partial charge >= 0.3 is 0 Å². The third kappa shape index (κ3) is 5.04. The summed E-state index contributed by atoms with van der Waals surface area (Å²) in [6, 6.07) is 61.4. The highest BCUT2D eigenvalue weighted by Gasteiger charge is 2.14. The lowest BCUT2D eigenvalue weighted by molar-refractivity contribution is 1.18. The smallest absolute Gasteiger partial charge is 0.0541 e. The molecule has 0 N–H and O–H groups in total. The van der Waals surface area contributed by atoms with Crippen LogP contribution in [-0.4, -0.2) is 4.57 Å². The van der Waals surface area contributed by atoms with Crippen molar-refractivity contribution in [2.75, 3.05) is 4.90 Å². The minimum absolute atomic E-state index is 1.12. The summed E-state index contributed by atoms with van der Waals surface area (Å²) in [6.45, 7) is 4.32. The fourth-order valence-corrected chi connectivity index (χ4v) is 6.78. The summed E-state index contributed by atoms with van der Waals surface area (Å²) in [4.78, 5) is 2.32. The van der Waals surface area contributed by atoms with Crippen LogP contribution in [0.1, 0.15) is 11.1 Å². The molecule has 0 spiro atoms. The number of anilines is 3. The van der Waals surface area contributed by atoms with Crippen molar-refractivity contribution in [3.05, 3.63) is 181 Å². The molecule has 0 fully saturated rings. The summed E-state index contributed by atoms with van der Waals surface area (Å²) in [5, 5.41) is 2.56. The zero-order chi connectivity index (χ0) is 31.0. The van der Waals surface area contributed by atoms with E-state index in [1.165, 1.54) is 55.2 Å². The molecule has 0 atom stereocenters. The fourth-order valence-electron chi connectivity index (χ4n) is 6.78. The maximum absolute atomic E-state index is 2.36. The van der Waals surface area contributed by atoms with Gasteiger partial charge < -0.3 is 9.47 Å². The lowest BCUT2D eigenvalue weighted by Gasteiger charge is -2.26. The third-order valence-corrected chi connectivity index (χ3v) is 8.86. The number of benzene rings is 7. The van der Waals surface area contributed by atoms with Crippen LogP contribution in [0.15, 0.2) is 170 Å². The Balaban J connectivity index is 1.11. The Morgan fingerprint density at radius 2 is 0.783 bits per heavy atom. The van der Waals surface area contributed by atoms with Gasteiger partial charge in [-0.25, -0.2) is 0 Å². The highest BCUT2D eigenvalue weighted by Crippen LogP contribution is 2.37. The maximum Gasteiger partial charge on any atom is 0.0541 e. The van der Waals surface area contributed by atoms with Crippen LogP contribution in [0.4, 0.5) is 17.1 Å². The van der Waals surface area contributed by atoms with E-state index in [2.05, 4.69) is 193 Å². The Kier molecular flexibility index (Phi) is 6.96. The number of nitrogens with zero attached hydrogens (tertiary/aromatic N) is 2. The average Bonchev–Trinajstić information content (AvgIpc) is 3.44. The second-order valence-corrected chi connectivity index (χ2v) is 12.1. The maximum atomic E-state index is 2.36. The van der Waals surface area contributed by atoms with Crippen molar-refractivity contribution in [2.24, 2.45) is 0 Å². The number of aryl methyl sites for hydroxylation is 2. The van der Waals surface area contributed by atoms with Crippen molar-refractivity contribution < 1.29 is 0 Å². The summed E-state index contributed by atoms with van der Waals surface area (Å²) < 4.78 is 2.36. The molecule has 0 radical (unpaired) electrons. The Hall–Kier alpha value is -5.86. The van der Waals surface area contributed by atoms with Gasteiger partial charge in [0.15, 0.2) is 0 Å². The van der Waals surface area contributed by atoms with Gasteiger partial charge in [0.2, 0.25) is 0 Å². The summed E-state index contributed by atoms with van der Waals surface area (Å²) in [6.07, 6.45) is 0. The molecule has 0 saturated carbocycles. The Labute approximate surface area is 270 Å². The van der Waals surface area contributed by atoms with Crippen LogP contribution < -0.4 is 4.90 Å². The number of para-hydroxylation sites is 3. The second-order valence-electron chi connectivity index (χ2n) is 12.1. The van der Waals surface area contributed by atoms with Crippen molar-refractivity contribution in [3.63, 3.8) is 0 Å². The van der Waals surface area contributed by atoms with E-state index in [9.17, 15) is 0 Å². The predicted molar refractivity (Wildman–Crippen MR) is 196 cm³/mol. The molecule has 0 bridgehead atoms. The van der Waals surface area contributed by atoms with Gasteiger partial charge in [-0.3, -0.25) is 0 Å². The highest BCUT2D eigenvalue weighted by atomic mass is 15.1. The molecule has 0 aliphatic heterocycles. The van der Waals surface area contributed by atoms with Gasteiger partial charge in [0.1, 0.15) is 0 Å². The van der Waals surface area contributed by atoms with Crippen LogP contribution in [0.5, 0.6) is 0 Å². The first-order chi connectivity index (χ1) is 22.6. The third-order valence-electron chi connectivity index (χ3n) is 8.86. The van der Waals surface area contributed by atoms with Gasteiger partial charge in [-0.05, 0) is 96.8 Å². The topological polar surface area (TPSA) is 8.17 Å². The van der Waals surface area contributed by atoms with Gasteiger partial charge in [-0.15, -0.1) is 0 Å². The Bertz CT molecular complexity index is 2220. The van der Waals surface area contributed by atoms with Crippen LogP contribution in [0.2, 0.25) is 0 Å². The van der Waals surface area contributed by atoms with Crippen molar-refractivity contribution in [1.82, 2.24) is 4.57 Å². The van der Waals surface area contributed by atoms with Crippen LogP contribution in [0, 0.1) is 13.8 Å². The van der Waals surface area contributed by atoms with Crippen LogP contribution in [-0.2, 0) is 0 Å². The molecular weight excluding hydrogens is 556 g/mol. The highest BCUT2D eigenvalue weighted by molar-refractivity contribution is 6.09. The molecule has 46 heavy (non-hydrogen) atoms. The standard InChI is InChI=1S/C44H34N2/c1-31-28-32(2)30-36(29-31)35-20-24-39(25-21-35)45(37-10-4-3-5-11-37)38-22-16-33(17-23-38)34-18-26-40(27-19-34)46-43-14-8-6-12-41(43)42-13-7-9-15-44(42)46/h3-30H,1-2H3. The van der Waals surface area contributed by atoms with Crippen LogP contribution in [0.3, 0.4) is 0 Å². The molecule has 2 nitrogen and oxygen atoms in total. The first-order valence-electron chi connectivity index (χ1n) is 15.9. The lowest BCUT2D eigenvalue weighted by Crippen LogP contribution is -2.09. The van der Waals surface area contributed by atoms with E-state index in [1.54, 1.807) is 0 Å². The van der Waals surface area contributed by atoms with Crippen molar-refractivity contribution in [3.8, 4) is 27.9 Å². The summed E-state index contributed by atoms with van der Waals surface area (Å²) in [5.41, 5.74) is 14.4. The van der Waals surface area contributed by atoms with Gasteiger partial charge in [-0.1, -0.05) is 120 Å². The molecule has 220 valence electrons. The van der Waals surface area contributed by atoms with E-state index in [0.717, 1.165) is 22.7 Å². The first kappa shape index (κ1) is 27.7. The molecule has 7 aromatic carbocycles. The molecule has 0 saturated heterocycles. The van der Waals surface area contributed by atoms with Crippen molar-refractivity contribution >= 4 is 38.9 Å². The van der Waals surface area contributed by atoms with Crippen LogP contribution in [0.25, 0.3) is 49.7 Å². The zero-order valence-electron chi connectivity index (χ0n) is 26.1. The molecular formula is C44H34N2. The second kappa shape index (κ2) is 11.6. The average molecular weight is 591 g/mol. The minimum Gasteiger partial charge on any atom is -0.311 e. The number of aromatic nitrogens is 1. The summed E-state index contributed by atoms with van der Waals surface area (Å²) >= 11 is 0. The fraction of sp³-hybridized carbons (Fsp3) is 0.0455. The van der Waals surface area contributed by atoms with E-state index in [-0.39, 0.29) is 0 Å². The number of hydrogen-bond donors (Lipinski definition) is 0. The summed E-state index contributed by atoms with van der Waals surface area (Å²) in [5.74, 6) is 0. The van der Waals surface area contributed by atoms with E-state index in [1.807, 2.05) is 0 Å². The normalized spacial score (nSPS) is 11.3. The Morgan fingerprint density at radius 1 is 0.370 bits per heavy atom. The quantitative estimate of drug-likeness (QED) is 0.187. The molecule has 1 aromatic heterocycles. The van der Waals surface area contributed by atoms with E-state index < -0.39 is 0 Å². The van der Waals surface area contributed by atoms with Gasteiger partial charge in [-0.2, -0.15) is 0 Å². The minimum atomic E-state index is 1.12. The zero-order valence-corrected chi connectivity index (χ0v) is 26.1. The largest absolute Gasteiger partial charge is 0.311 e. The molecule has 8 aromatic rings. The number of hydrogen-bond acceptors (Lipinski definition) is 1. The predicted octanol–water partition coefficient (Wildman–Crippen LogP) is 12.2. The van der Waals surface area contributed by atoms with Crippen molar-refractivity contribution in [1.29, 1.82) is 0 Å². The molecule has 8 rings (SSSR count). The van der Waals surface area contributed by atoms with Crippen molar-refractivity contribution in [2.45, 2.75) is 13.8 Å². The van der Waals surface area contributed by atoms with E-state index in [4.69, 9.17) is 0 Å². The number of fused-ring (bicyclic) bond motifs is 3. The summed E-state index contributed by atoms with van der Waals surface area (Å²) in [7, 11) is 0. The van der Waals surface area contributed by atoms with E-state index in [0.29, 0.717) is 0 Å². The molecule has 0 aliphatic rings. The molecule has 0 aliphatic carbocycles. The molecule has 2 heteroatoms. The molecule has 0 amide bonds.